The van der Waals surface area contributed by atoms with Crippen molar-refractivity contribution in [1.82, 2.24) is 9.03 Å². The standard InChI is InChI=1S/C21H27ClN3O5PS2/c1-25-21(9-5-6-11-31(27,28)12-10-26)24-18-13-17(22)20(14-19(18)32-25)33(29,30)23-15-16-7-3-2-4-8-16/h2-4,7-8,10,13-14,21,23-24H,5-6,9,11-12,15H2,1H3,(H,27,28). The number of aldehydes is 1. The van der Waals surface area contributed by atoms with Gasteiger partial charge in [-0.3, -0.25) is 4.57 Å². The summed E-state index contributed by atoms with van der Waals surface area (Å²) in [4.78, 5) is 20.9. The molecule has 0 amide bonds. The largest absolute Gasteiger partial charge is 0.368 e. The molecule has 0 saturated heterocycles. The molecule has 1 aliphatic heterocycles. The third-order valence-corrected chi connectivity index (χ3v) is 9.91. The molecule has 1 heterocycles. The fourth-order valence-corrected chi connectivity index (χ4v) is 7.19. The van der Waals surface area contributed by atoms with E-state index < -0.39 is 17.4 Å². The first-order valence-electron chi connectivity index (χ1n) is 10.4. The molecule has 2 aromatic rings. The Hall–Kier alpha value is -1.39. The number of anilines is 1. The predicted octanol–water partition coefficient (Wildman–Crippen LogP) is 4.15. The van der Waals surface area contributed by atoms with Crippen LogP contribution in [0.2, 0.25) is 5.02 Å². The first kappa shape index (κ1) is 26.2. The first-order chi connectivity index (χ1) is 15.6. The van der Waals surface area contributed by atoms with Crippen LogP contribution in [-0.4, -0.2) is 49.4 Å². The Morgan fingerprint density at radius 1 is 1.27 bits per heavy atom. The van der Waals surface area contributed by atoms with Gasteiger partial charge in [-0.25, -0.2) is 17.4 Å². The van der Waals surface area contributed by atoms with Crippen LogP contribution in [0.5, 0.6) is 0 Å². The van der Waals surface area contributed by atoms with E-state index >= 15 is 0 Å². The number of nitrogens with one attached hydrogen (secondary N) is 2. The van der Waals surface area contributed by atoms with Crippen LogP contribution < -0.4 is 10.0 Å². The summed E-state index contributed by atoms with van der Waals surface area (Å²) in [5, 5.41) is 3.49. The molecule has 0 fully saturated rings. The zero-order valence-corrected chi connectivity index (χ0v) is 21.4. The second-order valence-corrected chi connectivity index (χ2v) is 13.6. The topological polar surface area (TPSA) is 116 Å². The fourth-order valence-electron chi connectivity index (χ4n) is 3.43. The van der Waals surface area contributed by atoms with E-state index in [1.807, 2.05) is 41.7 Å². The van der Waals surface area contributed by atoms with Crippen molar-refractivity contribution in [3.8, 4) is 0 Å². The lowest BCUT2D eigenvalue weighted by molar-refractivity contribution is -0.105. The van der Waals surface area contributed by atoms with Gasteiger partial charge in [-0.2, -0.15) is 0 Å². The maximum Gasteiger partial charge on any atom is 0.242 e. The normalized spacial score (nSPS) is 18.2. The zero-order chi connectivity index (χ0) is 24.1. The smallest absolute Gasteiger partial charge is 0.242 e. The lowest BCUT2D eigenvalue weighted by atomic mass is 10.2. The summed E-state index contributed by atoms with van der Waals surface area (Å²) in [5.41, 5.74) is 1.58. The van der Waals surface area contributed by atoms with E-state index in [0.29, 0.717) is 25.5 Å². The second-order valence-electron chi connectivity index (χ2n) is 7.80. The van der Waals surface area contributed by atoms with Gasteiger partial charge in [0, 0.05) is 17.6 Å². The van der Waals surface area contributed by atoms with Crippen molar-refractivity contribution in [1.29, 1.82) is 0 Å². The van der Waals surface area contributed by atoms with Gasteiger partial charge < -0.3 is 15.0 Å². The number of unbranched alkanes of at least 4 members (excludes halogenated alkanes) is 1. The van der Waals surface area contributed by atoms with Crippen LogP contribution >= 0.6 is 30.9 Å². The monoisotopic (exact) mass is 531 g/mol. The van der Waals surface area contributed by atoms with E-state index in [0.717, 1.165) is 16.1 Å². The van der Waals surface area contributed by atoms with Crippen molar-refractivity contribution < 1.29 is 22.7 Å². The van der Waals surface area contributed by atoms with Crippen molar-refractivity contribution in [2.45, 2.75) is 41.8 Å². The molecule has 3 rings (SSSR count). The van der Waals surface area contributed by atoms with Crippen LogP contribution in [0.25, 0.3) is 0 Å². The summed E-state index contributed by atoms with van der Waals surface area (Å²) in [7, 11) is -5.28. The van der Waals surface area contributed by atoms with Gasteiger partial charge in [0.15, 0.2) is 0 Å². The highest BCUT2D eigenvalue weighted by molar-refractivity contribution is 7.97. The van der Waals surface area contributed by atoms with Crippen molar-refractivity contribution in [3.05, 3.63) is 53.1 Å². The average Bonchev–Trinajstić information content (AvgIpc) is 2.76. The molecular weight excluding hydrogens is 505 g/mol. The Morgan fingerprint density at radius 2 is 2.00 bits per heavy atom. The SMILES string of the molecule is CN1Sc2cc(S(=O)(=O)NCc3ccccc3)c(Cl)cc2NC1CCCCP(=O)(O)CC=O. The molecule has 0 radical (unpaired) electrons. The van der Waals surface area contributed by atoms with Crippen molar-refractivity contribution in [3.63, 3.8) is 0 Å². The number of hydrogen-bond donors (Lipinski definition) is 3. The van der Waals surface area contributed by atoms with E-state index in [9.17, 15) is 22.7 Å². The summed E-state index contributed by atoms with van der Waals surface area (Å²) in [6.07, 6.45) is 2.19. The molecule has 2 unspecified atom stereocenters. The molecule has 0 bridgehead atoms. The van der Waals surface area contributed by atoms with Crippen LogP contribution in [0.15, 0.2) is 52.3 Å². The second kappa shape index (κ2) is 11.4. The number of rotatable bonds is 11. The number of sulfonamides is 1. The lowest BCUT2D eigenvalue weighted by Crippen LogP contribution is -2.36. The Bertz CT molecular complexity index is 1130. The summed E-state index contributed by atoms with van der Waals surface area (Å²) in [6, 6.07) is 12.4. The Kier molecular flexibility index (Phi) is 9.02. The van der Waals surface area contributed by atoms with Crippen LogP contribution in [0.3, 0.4) is 0 Å². The quantitative estimate of drug-likeness (QED) is 0.171. The summed E-state index contributed by atoms with van der Waals surface area (Å²) in [5.74, 6) is 0. The van der Waals surface area contributed by atoms with E-state index in [4.69, 9.17) is 11.6 Å². The van der Waals surface area contributed by atoms with E-state index in [-0.39, 0.29) is 35.0 Å². The summed E-state index contributed by atoms with van der Waals surface area (Å²) < 4.78 is 42.1. The molecule has 0 spiro atoms. The molecule has 0 aliphatic carbocycles. The Labute approximate surface area is 203 Å². The number of carbonyl (C=O) groups is 1. The fraction of sp³-hybridized carbons (Fsp3) is 0.381. The minimum atomic E-state index is -3.81. The van der Waals surface area contributed by atoms with Gasteiger partial charge in [0.1, 0.15) is 11.2 Å². The van der Waals surface area contributed by atoms with E-state index in [1.54, 1.807) is 12.1 Å². The molecule has 1 aliphatic rings. The molecule has 2 aromatic carbocycles. The van der Waals surface area contributed by atoms with Crippen molar-refractivity contribution in [2.24, 2.45) is 0 Å². The molecule has 3 N–H and O–H groups in total. The molecule has 0 saturated carbocycles. The molecule has 12 heteroatoms. The molecular formula is C21H27ClN3O5PS2. The highest BCUT2D eigenvalue weighted by Crippen LogP contribution is 2.42. The molecule has 2 atom stereocenters. The highest BCUT2D eigenvalue weighted by Gasteiger charge is 2.28. The maximum atomic E-state index is 12.9. The van der Waals surface area contributed by atoms with E-state index in [2.05, 4.69) is 10.0 Å². The molecule has 8 nitrogen and oxygen atoms in total. The number of benzene rings is 2. The molecule has 33 heavy (non-hydrogen) atoms. The van der Waals surface area contributed by atoms with Crippen LogP contribution in [-0.2, 0) is 25.9 Å². The molecule has 180 valence electrons. The average molecular weight is 532 g/mol. The van der Waals surface area contributed by atoms with Crippen molar-refractivity contribution in [2.75, 3.05) is 24.7 Å². The lowest BCUT2D eigenvalue weighted by Gasteiger charge is -2.35. The summed E-state index contributed by atoms with van der Waals surface area (Å²) in [6.45, 7) is 0.164. The molecule has 0 aromatic heterocycles. The number of carbonyl (C=O) groups excluding carboxylic acids is 1. The van der Waals surface area contributed by atoms with Gasteiger partial charge in [-0.05, 0) is 56.0 Å². The Balaban J connectivity index is 1.64. The Morgan fingerprint density at radius 3 is 2.70 bits per heavy atom. The third kappa shape index (κ3) is 7.29. The van der Waals surface area contributed by atoms with Gasteiger partial charge in [0.05, 0.1) is 23.0 Å². The number of hydrogen-bond acceptors (Lipinski definition) is 7. The number of halogens is 1. The first-order valence-corrected chi connectivity index (χ1v) is 15.1. The maximum absolute atomic E-state index is 12.9. The van der Waals surface area contributed by atoms with Gasteiger partial charge in [0.25, 0.3) is 0 Å². The third-order valence-electron chi connectivity index (χ3n) is 5.23. The summed E-state index contributed by atoms with van der Waals surface area (Å²) >= 11 is 7.76. The van der Waals surface area contributed by atoms with Gasteiger partial charge in [-0.15, -0.1) is 0 Å². The van der Waals surface area contributed by atoms with Crippen LogP contribution in [0, 0.1) is 0 Å². The van der Waals surface area contributed by atoms with E-state index in [1.165, 1.54) is 11.9 Å². The van der Waals surface area contributed by atoms with Gasteiger partial charge in [-0.1, -0.05) is 41.9 Å². The highest BCUT2D eigenvalue weighted by atomic mass is 35.5. The van der Waals surface area contributed by atoms with Gasteiger partial charge >= 0.3 is 0 Å². The van der Waals surface area contributed by atoms with Crippen LogP contribution in [0.4, 0.5) is 5.69 Å². The number of nitrogens with zero attached hydrogens (tertiary/aromatic N) is 1. The van der Waals surface area contributed by atoms with Crippen molar-refractivity contribution >= 4 is 52.9 Å². The minimum absolute atomic E-state index is 0.0221. The van der Waals surface area contributed by atoms with Crippen LogP contribution in [0.1, 0.15) is 24.8 Å². The zero-order valence-electron chi connectivity index (χ0n) is 18.1. The van der Waals surface area contributed by atoms with Gasteiger partial charge in [0.2, 0.25) is 17.4 Å². The minimum Gasteiger partial charge on any atom is -0.368 e. The number of fused-ring (bicyclic) bond motifs is 1. The predicted molar refractivity (Wildman–Crippen MR) is 132 cm³/mol.